The van der Waals surface area contributed by atoms with E-state index in [0.29, 0.717) is 24.3 Å². The Morgan fingerprint density at radius 2 is 1.91 bits per heavy atom. The molecule has 0 saturated heterocycles. The largest absolute Gasteiger partial charge is 0.504 e. The van der Waals surface area contributed by atoms with Gasteiger partial charge in [-0.2, -0.15) is 0 Å². The van der Waals surface area contributed by atoms with Gasteiger partial charge in [0.2, 0.25) is 0 Å². The number of aliphatic hydroxyl groups is 5. The highest BCUT2D eigenvalue weighted by Crippen LogP contribution is 2.37. The Balaban J connectivity index is 1.25. The van der Waals surface area contributed by atoms with Gasteiger partial charge in [-0.1, -0.05) is 38.2 Å². The molecule has 2 heterocycles. The van der Waals surface area contributed by atoms with E-state index in [0.717, 1.165) is 74.4 Å². The normalized spacial score (nSPS) is 20.5. The van der Waals surface area contributed by atoms with Crippen LogP contribution < -0.4 is 15.8 Å². The first kappa shape index (κ1) is 35.3. The van der Waals surface area contributed by atoms with Crippen molar-refractivity contribution in [2.24, 2.45) is 22.6 Å². The molecule has 9 nitrogen and oxygen atoms in total. The summed E-state index contributed by atoms with van der Waals surface area (Å²) < 4.78 is 10.8. The van der Waals surface area contributed by atoms with E-state index in [9.17, 15) is 20.4 Å². The number of hydrogen-bond donors (Lipinski definition) is 6. The second-order valence-corrected chi connectivity index (χ2v) is 13.0. The topological polar surface area (TPSA) is 153 Å². The van der Waals surface area contributed by atoms with Gasteiger partial charge in [0.15, 0.2) is 29.9 Å². The lowest BCUT2D eigenvalue weighted by Gasteiger charge is -2.20. The fourth-order valence-corrected chi connectivity index (χ4v) is 6.68. The number of hydrogen-bond acceptors (Lipinski definition) is 8. The molecule has 1 fully saturated rings. The molecule has 4 atom stereocenters. The highest BCUT2D eigenvalue weighted by atomic mass is 16.5. The van der Waals surface area contributed by atoms with Crippen LogP contribution in [0, 0.1) is 24.0 Å². The van der Waals surface area contributed by atoms with Gasteiger partial charge in [0, 0.05) is 26.1 Å². The Hall–Kier alpha value is -2.53. The maximum atomic E-state index is 10.9. The second kappa shape index (κ2) is 18.6. The Morgan fingerprint density at radius 1 is 1.13 bits per heavy atom. The lowest BCUT2D eigenvalue weighted by Crippen LogP contribution is -2.33. The third-order valence-corrected chi connectivity index (χ3v) is 9.28. The number of rotatable bonds is 21. The van der Waals surface area contributed by atoms with Crippen molar-refractivity contribution in [3.8, 4) is 11.5 Å². The molecule has 1 aromatic rings. The van der Waals surface area contributed by atoms with Gasteiger partial charge in [-0.25, -0.2) is 0 Å². The van der Waals surface area contributed by atoms with Crippen LogP contribution in [0.15, 0.2) is 46.5 Å². The standard InChI is InChI=1S/C36H55N3O6/c1-25(41)20-38-22-31(27-9-6-7-10-27)28-19-32(39-21-28)34(43)24-44-36-17-26(13-15-33(36)42)12-14-30-18-29(23-40)35(45-30)11-5-3-2-4-8-16-37/h13,15,17-19,21,25,27,31,34-35,38,40-41,43,45H,2-12,14,16,20,22-24,37H2,1H3/p+1/t25-,31+,34-,35?/m0/s1. The van der Waals surface area contributed by atoms with Gasteiger partial charge in [-0.05, 0) is 75.6 Å². The van der Waals surface area contributed by atoms with Crippen molar-refractivity contribution < 1.29 is 29.9 Å². The lowest BCUT2D eigenvalue weighted by atomic mass is 9.84. The molecule has 3 aliphatic rings. The minimum atomic E-state index is -0.927. The van der Waals surface area contributed by atoms with Crippen LogP contribution in [0.3, 0.4) is 0 Å². The summed E-state index contributed by atoms with van der Waals surface area (Å²) in [6.07, 6.45) is 18.6. The molecule has 1 aliphatic carbocycles. The van der Waals surface area contributed by atoms with E-state index < -0.39 is 12.2 Å². The van der Waals surface area contributed by atoms with E-state index in [2.05, 4.69) is 10.3 Å². The molecule has 0 spiro atoms. The number of ether oxygens (including phenoxy) is 2. The monoisotopic (exact) mass is 626 g/mol. The molecule has 0 aromatic heterocycles. The highest BCUT2D eigenvalue weighted by molar-refractivity contribution is 5.84. The number of phenolic OH excluding ortho intramolecular Hbond substituents is 1. The maximum Gasteiger partial charge on any atom is 0.181 e. The van der Waals surface area contributed by atoms with Crippen LogP contribution in [0.2, 0.25) is 0 Å². The van der Waals surface area contributed by atoms with Crippen molar-refractivity contribution in [2.45, 2.75) is 102 Å². The lowest BCUT2D eigenvalue weighted by molar-refractivity contribution is -0.0552. The number of aryl methyl sites for hydroxylation is 1. The predicted octanol–water partition coefficient (Wildman–Crippen LogP) is 4.04. The number of phenols is 1. The van der Waals surface area contributed by atoms with Crippen LogP contribution in [0.4, 0.5) is 0 Å². The fourth-order valence-electron chi connectivity index (χ4n) is 6.68. The molecule has 1 aromatic carbocycles. The quantitative estimate of drug-likeness (QED) is 0.0684. The molecule has 45 heavy (non-hydrogen) atoms. The first-order valence-corrected chi connectivity index (χ1v) is 17.1. The summed E-state index contributed by atoms with van der Waals surface area (Å²) in [4.78, 5) is 4.52. The summed E-state index contributed by atoms with van der Waals surface area (Å²) in [6.45, 7) is 3.87. The smallest absolute Gasteiger partial charge is 0.181 e. The van der Waals surface area contributed by atoms with Crippen LogP contribution in [0.1, 0.15) is 83.1 Å². The van der Waals surface area contributed by atoms with Crippen molar-refractivity contribution in [3.63, 3.8) is 0 Å². The molecule has 1 saturated carbocycles. The Kier molecular flexibility index (Phi) is 14.6. The SMILES string of the molecule is C[C@H](O)CNC[C@@H](C1=C[C+]([C@@H](O)COc2cc(CC[C-]3C=C(CO)C(CCCCCCCN)[OH+]3)ccc2O)N=C1)C1CCCC1. The first-order valence-electron chi connectivity index (χ1n) is 17.1. The average Bonchev–Trinajstić information content (AvgIpc) is 3.81. The highest BCUT2D eigenvalue weighted by Gasteiger charge is 2.37. The van der Waals surface area contributed by atoms with Crippen molar-refractivity contribution in [2.75, 3.05) is 32.8 Å². The molecule has 250 valence electrons. The Labute approximate surface area is 269 Å². The minimum Gasteiger partial charge on any atom is -0.504 e. The average molecular weight is 627 g/mol. The van der Waals surface area contributed by atoms with Crippen molar-refractivity contribution in [1.82, 2.24) is 5.32 Å². The molecular weight excluding hydrogens is 570 g/mol. The van der Waals surface area contributed by atoms with Gasteiger partial charge in [-0.15, -0.1) is 16.6 Å². The van der Waals surface area contributed by atoms with E-state index in [1.54, 1.807) is 13.0 Å². The molecule has 0 amide bonds. The second-order valence-electron chi connectivity index (χ2n) is 13.0. The zero-order valence-corrected chi connectivity index (χ0v) is 27.0. The van der Waals surface area contributed by atoms with Gasteiger partial charge in [0.25, 0.3) is 0 Å². The van der Waals surface area contributed by atoms with Gasteiger partial charge < -0.3 is 41.0 Å². The number of unbranched alkanes of at least 4 members (excludes halogenated alkanes) is 4. The van der Waals surface area contributed by atoms with Crippen molar-refractivity contribution >= 4 is 6.21 Å². The summed E-state index contributed by atoms with van der Waals surface area (Å²) in [5, 5.41) is 44.3. The Bertz CT molecular complexity index is 1120. The number of aromatic hydroxyl groups is 1. The third-order valence-electron chi connectivity index (χ3n) is 9.28. The van der Waals surface area contributed by atoms with Gasteiger partial charge in [-0.3, -0.25) is 0 Å². The number of nitrogens with two attached hydrogens (primary N) is 1. The van der Waals surface area contributed by atoms with Gasteiger partial charge >= 0.3 is 0 Å². The Morgan fingerprint density at radius 3 is 2.67 bits per heavy atom. The number of aliphatic hydroxyl groups excluding tert-OH is 3. The van der Waals surface area contributed by atoms with E-state index in [1.807, 2.05) is 30.5 Å². The molecular formula is C36H56N3O6+. The number of nitrogens with one attached hydrogen (secondary N) is 1. The molecule has 1 unspecified atom stereocenters. The van der Waals surface area contributed by atoms with E-state index >= 15 is 0 Å². The molecule has 0 bridgehead atoms. The summed E-state index contributed by atoms with van der Waals surface area (Å²) in [7, 11) is 0. The minimum absolute atomic E-state index is 0.0228. The van der Waals surface area contributed by atoms with Crippen molar-refractivity contribution in [3.05, 3.63) is 59.2 Å². The van der Waals surface area contributed by atoms with Crippen LogP contribution in [0.25, 0.3) is 0 Å². The predicted molar refractivity (Wildman–Crippen MR) is 179 cm³/mol. The van der Waals surface area contributed by atoms with E-state index in [1.165, 1.54) is 38.5 Å². The molecule has 2 aliphatic heterocycles. The van der Waals surface area contributed by atoms with Crippen LogP contribution >= 0.6 is 0 Å². The molecule has 4 rings (SSSR count). The summed E-state index contributed by atoms with van der Waals surface area (Å²) in [5.41, 5.74) is 8.68. The molecule has 0 radical (unpaired) electrons. The van der Waals surface area contributed by atoms with Crippen LogP contribution in [-0.4, -0.2) is 82.5 Å². The first-order chi connectivity index (χ1) is 21.9. The van der Waals surface area contributed by atoms with Gasteiger partial charge in [0.05, 0.1) is 24.2 Å². The summed E-state index contributed by atoms with van der Waals surface area (Å²) >= 11 is 0. The zero-order chi connectivity index (χ0) is 32.0. The summed E-state index contributed by atoms with van der Waals surface area (Å²) in [5.74, 6) is 1.22. The summed E-state index contributed by atoms with van der Waals surface area (Å²) in [6, 6.07) is 5.89. The molecule has 9 heteroatoms. The van der Waals surface area contributed by atoms with Crippen molar-refractivity contribution in [1.29, 1.82) is 0 Å². The van der Waals surface area contributed by atoms with Crippen LogP contribution in [-0.2, 0) is 6.42 Å². The number of aliphatic imine (C=N–C) groups is 1. The molecule has 8 N–H and O–H groups in total. The fraction of sp³-hybridized carbons (Fsp3) is 0.639. The third kappa shape index (κ3) is 11.0. The van der Waals surface area contributed by atoms with Gasteiger partial charge in [0.1, 0.15) is 18.3 Å². The van der Waals surface area contributed by atoms with Crippen LogP contribution in [0.5, 0.6) is 11.5 Å². The zero-order valence-electron chi connectivity index (χ0n) is 27.0. The number of nitrogens with zero attached hydrogens (tertiary/aromatic N) is 1. The number of benzene rings is 1. The maximum absolute atomic E-state index is 10.9. The van der Waals surface area contributed by atoms with E-state index in [4.69, 9.17) is 15.2 Å². The van der Waals surface area contributed by atoms with E-state index in [-0.39, 0.29) is 31.0 Å².